The Morgan fingerprint density at radius 3 is 2.94 bits per heavy atom. The molecule has 0 fully saturated rings. The van der Waals surface area contributed by atoms with Crippen molar-refractivity contribution in [2.75, 3.05) is 19.0 Å². The Bertz CT molecular complexity index is 446. The van der Waals surface area contributed by atoms with Crippen molar-refractivity contribution in [3.63, 3.8) is 0 Å². The molecule has 0 saturated heterocycles. The molecule has 1 heterocycles. The van der Waals surface area contributed by atoms with E-state index in [-0.39, 0.29) is 5.56 Å². The molecule has 0 spiro atoms. The van der Waals surface area contributed by atoms with Gasteiger partial charge in [0.2, 0.25) is 0 Å². The summed E-state index contributed by atoms with van der Waals surface area (Å²) in [6.45, 7) is 0.900. The van der Waals surface area contributed by atoms with Crippen LogP contribution in [-0.4, -0.2) is 19.6 Å². The molecule has 3 nitrogen and oxygen atoms in total. The molecule has 1 aromatic rings. The van der Waals surface area contributed by atoms with Gasteiger partial charge in [-0.15, -0.1) is 0 Å². The molecule has 1 N–H and O–H groups in total. The maximum atomic E-state index is 11.5. The third-order valence-corrected chi connectivity index (χ3v) is 3.34. The van der Waals surface area contributed by atoms with Gasteiger partial charge >= 0.3 is 5.97 Å². The molecule has 0 bridgehead atoms. The lowest BCUT2D eigenvalue weighted by Gasteiger charge is -2.21. The summed E-state index contributed by atoms with van der Waals surface area (Å²) in [6, 6.07) is 1.73. The van der Waals surface area contributed by atoms with E-state index >= 15 is 0 Å². The van der Waals surface area contributed by atoms with Crippen molar-refractivity contribution in [1.82, 2.24) is 0 Å². The van der Waals surface area contributed by atoms with Crippen molar-refractivity contribution in [3.05, 3.63) is 27.2 Å². The van der Waals surface area contributed by atoms with Crippen LogP contribution in [0, 0.1) is 0 Å². The minimum absolute atomic E-state index is 0.258. The third kappa shape index (κ3) is 1.85. The van der Waals surface area contributed by atoms with E-state index in [1.54, 1.807) is 6.07 Å². The van der Waals surface area contributed by atoms with Crippen LogP contribution in [0.5, 0.6) is 0 Å². The predicted molar refractivity (Wildman–Crippen MR) is 64.6 cm³/mol. The fourth-order valence-electron chi connectivity index (χ4n) is 1.84. The van der Waals surface area contributed by atoms with Gasteiger partial charge in [-0.2, -0.15) is 0 Å². The molecule has 5 heteroatoms. The minimum Gasteiger partial charge on any atom is -0.465 e. The minimum atomic E-state index is -0.497. The number of ether oxygens (including phenoxy) is 1. The predicted octanol–water partition coefficient (Wildman–Crippen LogP) is 3.14. The molecule has 0 aliphatic carbocycles. The van der Waals surface area contributed by atoms with E-state index < -0.39 is 5.97 Å². The molecule has 16 heavy (non-hydrogen) atoms. The number of rotatable bonds is 1. The van der Waals surface area contributed by atoms with Gasteiger partial charge < -0.3 is 10.1 Å². The Morgan fingerprint density at radius 1 is 1.50 bits per heavy atom. The average Bonchev–Trinajstić information content (AvgIpc) is 2.28. The number of anilines is 1. The van der Waals surface area contributed by atoms with Gasteiger partial charge in [-0.3, -0.25) is 0 Å². The van der Waals surface area contributed by atoms with Crippen LogP contribution in [0.4, 0.5) is 5.69 Å². The number of carbonyl (C=O) groups excluding carboxylic acids is 1. The highest BCUT2D eigenvalue weighted by molar-refractivity contribution is 6.40. The van der Waals surface area contributed by atoms with Crippen LogP contribution in [0.25, 0.3) is 0 Å². The molecule has 86 valence electrons. The first-order valence-corrected chi connectivity index (χ1v) is 5.73. The Labute approximate surface area is 104 Å². The van der Waals surface area contributed by atoms with Gasteiger partial charge in [0.1, 0.15) is 0 Å². The lowest BCUT2D eigenvalue weighted by Crippen LogP contribution is -2.14. The number of methoxy groups -OCH3 is 1. The number of esters is 1. The Hall–Kier alpha value is -0.930. The molecular weight excluding hydrogens is 249 g/mol. The molecule has 1 aromatic carbocycles. The zero-order chi connectivity index (χ0) is 11.7. The summed E-state index contributed by atoms with van der Waals surface area (Å²) in [5, 5.41) is 3.94. The number of hydrogen-bond donors (Lipinski definition) is 1. The van der Waals surface area contributed by atoms with E-state index in [1.165, 1.54) is 7.11 Å². The van der Waals surface area contributed by atoms with Crippen LogP contribution in [0.15, 0.2) is 6.07 Å². The highest BCUT2D eigenvalue weighted by Gasteiger charge is 2.22. The number of fused-ring (bicyclic) bond motifs is 1. The van der Waals surface area contributed by atoms with Crippen LogP contribution < -0.4 is 5.32 Å². The van der Waals surface area contributed by atoms with Gasteiger partial charge in [-0.1, -0.05) is 23.2 Å². The second-order valence-corrected chi connectivity index (χ2v) is 4.38. The number of carbonyl (C=O) groups is 1. The standard InChI is InChI=1S/C11H11Cl2NO2/c1-16-11(15)9-7(12)5-8-6(10(9)13)3-2-4-14-8/h5,14H,2-4H2,1H3. The van der Waals surface area contributed by atoms with Crippen LogP contribution in [0.1, 0.15) is 22.3 Å². The average molecular weight is 260 g/mol. The number of nitrogens with one attached hydrogen (secondary N) is 1. The monoisotopic (exact) mass is 259 g/mol. The van der Waals surface area contributed by atoms with Crippen molar-refractivity contribution in [1.29, 1.82) is 0 Å². The summed E-state index contributed by atoms with van der Waals surface area (Å²) >= 11 is 12.2. The highest BCUT2D eigenvalue weighted by atomic mass is 35.5. The van der Waals surface area contributed by atoms with Crippen molar-refractivity contribution < 1.29 is 9.53 Å². The smallest absolute Gasteiger partial charge is 0.340 e. The molecule has 0 amide bonds. The highest BCUT2D eigenvalue weighted by Crippen LogP contribution is 2.36. The molecule has 2 rings (SSSR count). The molecule has 0 unspecified atom stereocenters. The first-order chi connectivity index (χ1) is 7.65. The molecular formula is C11H11Cl2NO2. The topological polar surface area (TPSA) is 38.3 Å². The molecule has 1 aliphatic heterocycles. The van der Waals surface area contributed by atoms with Gasteiger partial charge in [0.05, 0.1) is 22.7 Å². The molecule has 0 aromatic heterocycles. The van der Waals surface area contributed by atoms with Crippen LogP contribution in [0.2, 0.25) is 10.0 Å². The summed E-state index contributed by atoms with van der Waals surface area (Å²) in [5.74, 6) is -0.497. The van der Waals surface area contributed by atoms with Crippen molar-refractivity contribution >= 4 is 34.9 Å². The molecule has 1 aliphatic rings. The number of hydrogen-bond acceptors (Lipinski definition) is 3. The van der Waals surface area contributed by atoms with Crippen LogP contribution in [0.3, 0.4) is 0 Å². The van der Waals surface area contributed by atoms with Gasteiger partial charge in [0, 0.05) is 12.2 Å². The quantitative estimate of drug-likeness (QED) is 0.788. The van der Waals surface area contributed by atoms with Crippen molar-refractivity contribution in [3.8, 4) is 0 Å². The van der Waals surface area contributed by atoms with Crippen molar-refractivity contribution in [2.45, 2.75) is 12.8 Å². The van der Waals surface area contributed by atoms with E-state index in [1.807, 2.05) is 0 Å². The maximum Gasteiger partial charge on any atom is 0.340 e. The summed E-state index contributed by atoms with van der Waals surface area (Å²) in [4.78, 5) is 11.5. The van der Waals surface area contributed by atoms with Gasteiger partial charge in [0.15, 0.2) is 0 Å². The lowest BCUT2D eigenvalue weighted by molar-refractivity contribution is 0.0601. The normalized spacial score (nSPS) is 13.9. The molecule has 0 radical (unpaired) electrons. The second-order valence-electron chi connectivity index (χ2n) is 3.60. The van der Waals surface area contributed by atoms with Crippen molar-refractivity contribution in [2.24, 2.45) is 0 Å². The summed E-state index contributed by atoms with van der Waals surface area (Å²) in [7, 11) is 1.31. The third-order valence-electron chi connectivity index (χ3n) is 2.63. The van der Waals surface area contributed by atoms with Gasteiger partial charge in [-0.05, 0) is 24.5 Å². The van der Waals surface area contributed by atoms with E-state index in [9.17, 15) is 4.79 Å². The first-order valence-electron chi connectivity index (χ1n) is 4.98. The summed E-state index contributed by atoms with van der Waals surface area (Å²) in [6.07, 6.45) is 1.84. The van der Waals surface area contributed by atoms with Gasteiger partial charge in [0.25, 0.3) is 0 Å². The molecule has 0 saturated carbocycles. The van der Waals surface area contributed by atoms with E-state index in [4.69, 9.17) is 23.2 Å². The van der Waals surface area contributed by atoms with E-state index in [2.05, 4.69) is 10.1 Å². The largest absolute Gasteiger partial charge is 0.465 e. The van der Waals surface area contributed by atoms with Crippen LogP contribution >= 0.6 is 23.2 Å². The fraction of sp³-hybridized carbons (Fsp3) is 0.364. The SMILES string of the molecule is COC(=O)c1c(Cl)cc2c(c1Cl)CCCN2. The van der Waals surface area contributed by atoms with E-state index in [0.717, 1.165) is 30.6 Å². The fourth-order valence-corrected chi connectivity index (χ4v) is 2.54. The Kier molecular flexibility index (Phi) is 3.26. The Morgan fingerprint density at radius 2 is 2.25 bits per heavy atom. The number of halogens is 2. The lowest BCUT2D eigenvalue weighted by atomic mass is 10.0. The second kappa shape index (κ2) is 4.52. The van der Waals surface area contributed by atoms with Crippen LogP contribution in [-0.2, 0) is 11.2 Å². The maximum absolute atomic E-state index is 11.5. The van der Waals surface area contributed by atoms with E-state index in [0.29, 0.717) is 10.0 Å². The first kappa shape index (κ1) is 11.6. The zero-order valence-corrected chi connectivity index (χ0v) is 10.3. The number of benzene rings is 1. The summed E-state index contributed by atoms with van der Waals surface area (Å²) < 4.78 is 4.66. The zero-order valence-electron chi connectivity index (χ0n) is 8.77. The Balaban J connectivity index is 2.58. The van der Waals surface area contributed by atoms with Gasteiger partial charge in [-0.25, -0.2) is 4.79 Å². The molecule has 0 atom stereocenters. The summed E-state index contributed by atoms with van der Waals surface area (Å²) in [5.41, 5.74) is 2.11.